The Hall–Kier alpha value is -1.81. The Morgan fingerprint density at radius 3 is 2.95 bits per heavy atom. The predicted octanol–water partition coefficient (Wildman–Crippen LogP) is 3.91. The van der Waals surface area contributed by atoms with E-state index in [-0.39, 0.29) is 11.9 Å². The molecule has 0 aliphatic heterocycles. The van der Waals surface area contributed by atoms with Crippen LogP contribution in [-0.4, -0.2) is 13.0 Å². The number of thiophene rings is 1. The summed E-state index contributed by atoms with van der Waals surface area (Å²) in [7, 11) is 1.88. The van der Waals surface area contributed by atoms with Crippen LogP contribution in [-0.2, 0) is 6.42 Å². The van der Waals surface area contributed by atoms with Crippen LogP contribution in [0.4, 0.5) is 5.69 Å². The van der Waals surface area contributed by atoms with Gasteiger partial charge in [0, 0.05) is 23.2 Å². The van der Waals surface area contributed by atoms with Gasteiger partial charge in [-0.25, -0.2) is 0 Å². The van der Waals surface area contributed by atoms with Gasteiger partial charge in [0.25, 0.3) is 5.91 Å². The monoisotopic (exact) mass is 300 g/mol. The third-order valence-corrected chi connectivity index (χ3v) is 5.11. The molecule has 0 fully saturated rings. The lowest BCUT2D eigenvalue weighted by Crippen LogP contribution is -2.30. The molecule has 0 radical (unpaired) electrons. The molecule has 2 aromatic rings. The van der Waals surface area contributed by atoms with E-state index in [1.807, 2.05) is 32.2 Å². The van der Waals surface area contributed by atoms with Crippen LogP contribution < -0.4 is 10.6 Å². The molecule has 3 nitrogen and oxygen atoms in total. The maximum absolute atomic E-state index is 12.5. The topological polar surface area (TPSA) is 41.1 Å². The number of hydrogen-bond acceptors (Lipinski definition) is 3. The fraction of sp³-hybridized carbons (Fsp3) is 0.353. The number of benzene rings is 1. The quantitative estimate of drug-likeness (QED) is 0.902. The Morgan fingerprint density at radius 1 is 1.33 bits per heavy atom. The van der Waals surface area contributed by atoms with Gasteiger partial charge < -0.3 is 10.6 Å². The molecule has 1 amide bonds. The number of nitrogens with one attached hydrogen (secondary N) is 2. The maximum atomic E-state index is 12.5. The van der Waals surface area contributed by atoms with Crippen LogP contribution in [0.3, 0.4) is 0 Å². The molecule has 1 aromatic carbocycles. The molecule has 0 bridgehead atoms. The van der Waals surface area contributed by atoms with Crippen LogP contribution in [0, 0.1) is 6.92 Å². The van der Waals surface area contributed by atoms with Crippen molar-refractivity contribution in [1.82, 2.24) is 5.32 Å². The Balaban J connectivity index is 1.79. The number of anilines is 1. The summed E-state index contributed by atoms with van der Waals surface area (Å²) in [4.78, 5) is 14.0. The highest BCUT2D eigenvalue weighted by Gasteiger charge is 2.23. The van der Waals surface area contributed by atoms with E-state index < -0.39 is 0 Å². The molecule has 2 N–H and O–H groups in total. The van der Waals surface area contributed by atoms with Crippen molar-refractivity contribution in [1.29, 1.82) is 0 Å². The summed E-state index contributed by atoms with van der Waals surface area (Å²) in [6.45, 7) is 1.98. The molecule has 3 rings (SSSR count). The number of hydrogen-bond donors (Lipinski definition) is 2. The van der Waals surface area contributed by atoms with E-state index in [4.69, 9.17) is 0 Å². The van der Waals surface area contributed by atoms with Gasteiger partial charge in [-0.3, -0.25) is 4.79 Å². The largest absolute Gasteiger partial charge is 0.388 e. The predicted molar refractivity (Wildman–Crippen MR) is 88.2 cm³/mol. The van der Waals surface area contributed by atoms with Crippen molar-refractivity contribution in [2.45, 2.75) is 32.2 Å². The van der Waals surface area contributed by atoms with Gasteiger partial charge >= 0.3 is 0 Å². The zero-order chi connectivity index (χ0) is 14.8. The van der Waals surface area contributed by atoms with E-state index in [1.54, 1.807) is 11.3 Å². The SMILES string of the molecule is CNc1ccc(C(=O)NC2CCCc3sccc32)c(C)c1. The molecular formula is C17H20N2OS. The third-order valence-electron chi connectivity index (χ3n) is 4.12. The highest BCUT2D eigenvalue weighted by Crippen LogP contribution is 2.33. The molecule has 0 spiro atoms. The highest BCUT2D eigenvalue weighted by molar-refractivity contribution is 7.10. The van der Waals surface area contributed by atoms with Gasteiger partial charge in [0.15, 0.2) is 0 Å². The van der Waals surface area contributed by atoms with Crippen LogP contribution in [0.15, 0.2) is 29.6 Å². The summed E-state index contributed by atoms with van der Waals surface area (Å²) < 4.78 is 0. The Labute approximate surface area is 129 Å². The number of amides is 1. The van der Waals surface area contributed by atoms with Gasteiger partial charge in [-0.1, -0.05) is 0 Å². The number of rotatable bonds is 3. The first-order valence-corrected chi connectivity index (χ1v) is 8.22. The number of aryl methyl sites for hydroxylation is 2. The second-order valence-corrected chi connectivity index (χ2v) is 6.50. The van der Waals surface area contributed by atoms with Gasteiger partial charge in [-0.2, -0.15) is 0 Å². The molecule has 110 valence electrons. The summed E-state index contributed by atoms with van der Waals surface area (Å²) >= 11 is 1.80. The van der Waals surface area contributed by atoms with E-state index in [1.165, 1.54) is 10.4 Å². The molecule has 1 heterocycles. The van der Waals surface area contributed by atoms with Crippen molar-refractivity contribution in [3.63, 3.8) is 0 Å². The molecule has 0 saturated carbocycles. The van der Waals surface area contributed by atoms with Crippen molar-refractivity contribution < 1.29 is 4.79 Å². The minimum Gasteiger partial charge on any atom is -0.388 e. The number of fused-ring (bicyclic) bond motifs is 1. The van der Waals surface area contributed by atoms with Gasteiger partial charge in [0.05, 0.1) is 6.04 Å². The van der Waals surface area contributed by atoms with Crippen molar-refractivity contribution in [3.05, 3.63) is 51.2 Å². The van der Waals surface area contributed by atoms with Crippen molar-refractivity contribution >= 4 is 22.9 Å². The minimum atomic E-state index is 0.0270. The zero-order valence-corrected chi connectivity index (χ0v) is 13.2. The van der Waals surface area contributed by atoms with Crippen molar-refractivity contribution in [3.8, 4) is 0 Å². The first-order valence-electron chi connectivity index (χ1n) is 7.34. The lowest BCUT2D eigenvalue weighted by molar-refractivity contribution is 0.0932. The van der Waals surface area contributed by atoms with Crippen LogP contribution >= 0.6 is 11.3 Å². The average molecular weight is 300 g/mol. The molecule has 1 aliphatic carbocycles. The molecule has 1 atom stereocenters. The van der Waals surface area contributed by atoms with E-state index in [0.29, 0.717) is 0 Å². The lowest BCUT2D eigenvalue weighted by atomic mass is 9.93. The molecule has 4 heteroatoms. The van der Waals surface area contributed by atoms with Crippen LogP contribution in [0.5, 0.6) is 0 Å². The summed E-state index contributed by atoms with van der Waals surface area (Å²) in [5.41, 5.74) is 4.10. The van der Waals surface area contributed by atoms with Gasteiger partial charge in [0.2, 0.25) is 0 Å². The van der Waals surface area contributed by atoms with E-state index in [2.05, 4.69) is 22.1 Å². The second kappa shape index (κ2) is 5.90. The summed E-state index contributed by atoms with van der Waals surface area (Å²) in [5.74, 6) is 0.0270. The van der Waals surface area contributed by atoms with Crippen molar-refractivity contribution in [2.24, 2.45) is 0 Å². The molecule has 0 saturated heterocycles. The molecule has 21 heavy (non-hydrogen) atoms. The Kier molecular flexibility index (Phi) is 3.97. The molecule has 1 unspecified atom stereocenters. The number of carbonyl (C=O) groups excluding carboxylic acids is 1. The van der Waals surface area contributed by atoms with E-state index in [9.17, 15) is 4.79 Å². The Morgan fingerprint density at radius 2 is 2.19 bits per heavy atom. The second-order valence-electron chi connectivity index (χ2n) is 5.50. The minimum absolute atomic E-state index is 0.0270. The summed E-state index contributed by atoms with van der Waals surface area (Å²) in [6.07, 6.45) is 3.33. The van der Waals surface area contributed by atoms with Gasteiger partial charge in [0.1, 0.15) is 0 Å². The average Bonchev–Trinajstić information content (AvgIpc) is 2.96. The highest BCUT2D eigenvalue weighted by atomic mass is 32.1. The fourth-order valence-corrected chi connectivity index (χ4v) is 3.93. The fourth-order valence-electron chi connectivity index (χ4n) is 2.95. The molecule has 1 aliphatic rings. The third kappa shape index (κ3) is 2.81. The first-order chi connectivity index (χ1) is 10.2. The Bertz CT molecular complexity index is 663. The molecule has 1 aromatic heterocycles. The standard InChI is InChI=1S/C17H20N2OS/c1-11-10-12(18-2)6-7-13(11)17(20)19-15-4-3-5-16-14(15)8-9-21-16/h6-10,15,18H,3-5H2,1-2H3,(H,19,20). The van der Waals surface area contributed by atoms with Crippen LogP contribution in [0.1, 0.15) is 45.2 Å². The zero-order valence-electron chi connectivity index (χ0n) is 12.4. The summed E-state index contributed by atoms with van der Waals surface area (Å²) in [5, 5.41) is 8.42. The van der Waals surface area contributed by atoms with Crippen LogP contribution in [0.25, 0.3) is 0 Å². The lowest BCUT2D eigenvalue weighted by Gasteiger charge is -2.24. The van der Waals surface area contributed by atoms with Gasteiger partial charge in [-0.05, 0) is 67.0 Å². The van der Waals surface area contributed by atoms with E-state index >= 15 is 0 Å². The van der Waals surface area contributed by atoms with Gasteiger partial charge in [-0.15, -0.1) is 11.3 Å². The number of carbonyl (C=O) groups is 1. The van der Waals surface area contributed by atoms with Crippen LogP contribution in [0.2, 0.25) is 0 Å². The smallest absolute Gasteiger partial charge is 0.252 e. The molecular weight excluding hydrogens is 280 g/mol. The summed E-state index contributed by atoms with van der Waals surface area (Å²) in [6, 6.07) is 8.16. The van der Waals surface area contributed by atoms with E-state index in [0.717, 1.165) is 36.1 Å². The van der Waals surface area contributed by atoms with Crippen molar-refractivity contribution in [2.75, 3.05) is 12.4 Å². The normalized spacial score (nSPS) is 17.1. The maximum Gasteiger partial charge on any atom is 0.252 e. The first kappa shape index (κ1) is 14.1.